The zero-order valence-electron chi connectivity index (χ0n) is 17.2. The fourth-order valence-corrected chi connectivity index (χ4v) is 5.88. The maximum atomic E-state index is 12.8. The van der Waals surface area contributed by atoms with Gasteiger partial charge in [-0.15, -0.1) is 11.3 Å². The molecule has 0 atom stereocenters. The van der Waals surface area contributed by atoms with Crippen LogP contribution in [0, 0.1) is 0 Å². The van der Waals surface area contributed by atoms with Crippen LogP contribution in [-0.2, 0) is 10.0 Å². The van der Waals surface area contributed by atoms with Gasteiger partial charge in [-0.25, -0.2) is 13.1 Å². The van der Waals surface area contributed by atoms with E-state index in [0.717, 1.165) is 0 Å². The number of hydrogen-bond acceptors (Lipinski definition) is 5. The molecule has 1 aliphatic rings. The Balaban J connectivity index is 1.31. The largest absolute Gasteiger partial charge is 0.339 e. The molecule has 4 rings (SSSR count). The van der Waals surface area contributed by atoms with Gasteiger partial charge in [0.15, 0.2) is 0 Å². The molecule has 9 heteroatoms. The number of benzene rings is 2. The van der Waals surface area contributed by atoms with Gasteiger partial charge < -0.3 is 10.2 Å². The van der Waals surface area contributed by atoms with E-state index in [1.54, 1.807) is 70.9 Å². The maximum absolute atomic E-state index is 12.8. The van der Waals surface area contributed by atoms with Crippen LogP contribution in [-0.4, -0.2) is 44.3 Å². The van der Waals surface area contributed by atoms with Gasteiger partial charge in [0, 0.05) is 35.9 Å². The SMILES string of the molecule is O=C(Nc1ccc(C(=O)N2CCC(NS(=O)(=O)c3cccs3)CC2)cc1)c1ccccc1. The summed E-state index contributed by atoms with van der Waals surface area (Å²) >= 11 is 1.18. The number of amides is 2. The first-order valence-corrected chi connectivity index (χ1v) is 12.6. The summed E-state index contributed by atoms with van der Waals surface area (Å²) in [6.07, 6.45) is 1.11. The molecule has 1 aliphatic heterocycles. The molecule has 0 aliphatic carbocycles. The third-order valence-corrected chi connectivity index (χ3v) is 8.21. The lowest BCUT2D eigenvalue weighted by Crippen LogP contribution is -2.46. The Morgan fingerprint density at radius 3 is 2.19 bits per heavy atom. The van der Waals surface area contributed by atoms with Crippen molar-refractivity contribution in [2.45, 2.75) is 23.1 Å². The molecule has 0 saturated carbocycles. The van der Waals surface area contributed by atoms with Crippen LogP contribution in [0.2, 0.25) is 0 Å². The van der Waals surface area contributed by atoms with Crippen molar-refractivity contribution in [3.05, 3.63) is 83.2 Å². The minimum Gasteiger partial charge on any atom is -0.339 e. The molecule has 0 radical (unpaired) electrons. The third-order valence-electron chi connectivity index (χ3n) is 5.29. The molecule has 2 amide bonds. The molecule has 2 heterocycles. The number of piperidine rings is 1. The van der Waals surface area contributed by atoms with E-state index in [1.807, 2.05) is 6.07 Å². The standard InChI is InChI=1S/C23H23N3O4S2/c27-22(17-5-2-1-3-6-17)24-19-10-8-18(9-11-19)23(28)26-14-12-20(13-15-26)25-32(29,30)21-7-4-16-31-21/h1-11,16,20,25H,12-15H2,(H,24,27). The smallest absolute Gasteiger partial charge is 0.255 e. The van der Waals surface area contributed by atoms with Crippen molar-refractivity contribution in [2.75, 3.05) is 18.4 Å². The molecule has 3 aromatic rings. The van der Waals surface area contributed by atoms with E-state index in [2.05, 4.69) is 10.0 Å². The Bertz CT molecular complexity index is 1170. The number of likely N-dealkylation sites (tertiary alicyclic amines) is 1. The lowest BCUT2D eigenvalue weighted by molar-refractivity contribution is 0.0711. The first-order chi connectivity index (χ1) is 15.4. The monoisotopic (exact) mass is 469 g/mol. The second kappa shape index (κ2) is 9.64. The van der Waals surface area contributed by atoms with Crippen molar-refractivity contribution in [3.8, 4) is 0 Å². The van der Waals surface area contributed by atoms with Crippen molar-refractivity contribution >= 4 is 38.9 Å². The van der Waals surface area contributed by atoms with Gasteiger partial charge in [-0.05, 0) is 60.7 Å². The molecular formula is C23H23N3O4S2. The van der Waals surface area contributed by atoms with Gasteiger partial charge >= 0.3 is 0 Å². The van der Waals surface area contributed by atoms with Crippen LogP contribution in [0.15, 0.2) is 76.3 Å². The van der Waals surface area contributed by atoms with Crippen LogP contribution in [0.3, 0.4) is 0 Å². The molecule has 0 bridgehead atoms. The normalized spacial score (nSPS) is 14.8. The summed E-state index contributed by atoms with van der Waals surface area (Å²) < 4.78 is 27.8. The third kappa shape index (κ3) is 5.24. The van der Waals surface area contributed by atoms with Gasteiger partial charge in [0.05, 0.1) is 0 Å². The van der Waals surface area contributed by atoms with Crippen molar-refractivity contribution in [2.24, 2.45) is 0 Å². The highest BCUT2D eigenvalue weighted by Crippen LogP contribution is 2.20. The molecule has 1 saturated heterocycles. The van der Waals surface area contributed by atoms with Gasteiger partial charge in [-0.2, -0.15) is 0 Å². The van der Waals surface area contributed by atoms with Gasteiger partial charge in [0.2, 0.25) is 10.0 Å². The van der Waals surface area contributed by atoms with Crippen molar-refractivity contribution < 1.29 is 18.0 Å². The minimum absolute atomic E-state index is 0.106. The highest BCUT2D eigenvalue weighted by molar-refractivity contribution is 7.91. The second-order valence-electron chi connectivity index (χ2n) is 7.52. The highest BCUT2D eigenvalue weighted by Gasteiger charge is 2.27. The summed E-state index contributed by atoms with van der Waals surface area (Å²) in [5, 5.41) is 4.55. The molecule has 1 fully saturated rings. The molecule has 166 valence electrons. The quantitative estimate of drug-likeness (QED) is 0.577. The zero-order chi connectivity index (χ0) is 22.6. The number of carbonyl (C=O) groups excluding carboxylic acids is 2. The highest BCUT2D eigenvalue weighted by atomic mass is 32.2. The van der Waals surface area contributed by atoms with Crippen molar-refractivity contribution in [1.82, 2.24) is 9.62 Å². The number of sulfonamides is 1. The summed E-state index contributed by atoms with van der Waals surface area (Å²) in [6.45, 7) is 0.950. The number of rotatable bonds is 6. The van der Waals surface area contributed by atoms with Gasteiger partial charge in [-0.3, -0.25) is 9.59 Å². The summed E-state index contributed by atoms with van der Waals surface area (Å²) in [4.78, 5) is 26.8. The molecule has 2 N–H and O–H groups in total. The number of hydrogen-bond donors (Lipinski definition) is 2. The molecule has 0 unspecified atom stereocenters. The Morgan fingerprint density at radius 2 is 1.56 bits per heavy atom. The number of thiophene rings is 1. The van der Waals surface area contributed by atoms with E-state index >= 15 is 0 Å². The molecule has 1 aromatic heterocycles. The van der Waals surface area contributed by atoms with E-state index in [0.29, 0.717) is 47.0 Å². The number of carbonyl (C=O) groups is 2. The lowest BCUT2D eigenvalue weighted by atomic mass is 10.0. The second-order valence-corrected chi connectivity index (χ2v) is 10.4. The van der Waals surface area contributed by atoms with Gasteiger partial charge in [0.25, 0.3) is 11.8 Å². The number of nitrogens with zero attached hydrogens (tertiary/aromatic N) is 1. The Labute approximate surface area is 191 Å². The summed E-state index contributed by atoms with van der Waals surface area (Å²) in [7, 11) is -3.51. The molecule has 0 spiro atoms. The average Bonchev–Trinajstić information content (AvgIpc) is 3.36. The molecule has 2 aromatic carbocycles. The van der Waals surface area contributed by atoms with Crippen LogP contribution in [0.5, 0.6) is 0 Å². The van der Waals surface area contributed by atoms with Gasteiger partial charge in [0.1, 0.15) is 4.21 Å². The van der Waals surface area contributed by atoms with Crippen LogP contribution in [0.1, 0.15) is 33.6 Å². The summed E-state index contributed by atoms with van der Waals surface area (Å²) in [5.74, 6) is -0.317. The average molecular weight is 470 g/mol. The van der Waals surface area contributed by atoms with E-state index < -0.39 is 10.0 Å². The van der Waals surface area contributed by atoms with E-state index in [-0.39, 0.29) is 17.9 Å². The van der Waals surface area contributed by atoms with Crippen LogP contribution < -0.4 is 10.0 Å². The van der Waals surface area contributed by atoms with Crippen LogP contribution in [0.4, 0.5) is 5.69 Å². The topological polar surface area (TPSA) is 95.6 Å². The Kier molecular flexibility index (Phi) is 6.69. The fourth-order valence-electron chi connectivity index (χ4n) is 3.57. The minimum atomic E-state index is -3.51. The van der Waals surface area contributed by atoms with Crippen LogP contribution >= 0.6 is 11.3 Å². The number of anilines is 1. The fraction of sp³-hybridized carbons (Fsp3) is 0.217. The lowest BCUT2D eigenvalue weighted by Gasteiger charge is -2.32. The van der Waals surface area contributed by atoms with Crippen LogP contribution in [0.25, 0.3) is 0 Å². The summed E-state index contributed by atoms with van der Waals surface area (Å²) in [5.41, 5.74) is 1.70. The first-order valence-electron chi connectivity index (χ1n) is 10.2. The van der Waals surface area contributed by atoms with Gasteiger partial charge in [-0.1, -0.05) is 24.3 Å². The predicted molar refractivity (Wildman–Crippen MR) is 124 cm³/mol. The summed E-state index contributed by atoms with van der Waals surface area (Å²) in [6, 6.07) is 18.8. The Morgan fingerprint density at radius 1 is 0.875 bits per heavy atom. The number of nitrogens with one attached hydrogen (secondary N) is 2. The Hall–Kier alpha value is -3.01. The predicted octanol–water partition coefficient (Wildman–Crippen LogP) is 3.58. The maximum Gasteiger partial charge on any atom is 0.255 e. The van der Waals surface area contributed by atoms with E-state index in [9.17, 15) is 18.0 Å². The van der Waals surface area contributed by atoms with Crippen molar-refractivity contribution in [1.29, 1.82) is 0 Å². The zero-order valence-corrected chi connectivity index (χ0v) is 18.9. The van der Waals surface area contributed by atoms with E-state index in [4.69, 9.17) is 0 Å². The first kappa shape index (κ1) is 22.2. The molecule has 7 nitrogen and oxygen atoms in total. The molecular weight excluding hydrogens is 446 g/mol. The molecule has 32 heavy (non-hydrogen) atoms. The van der Waals surface area contributed by atoms with Crippen molar-refractivity contribution in [3.63, 3.8) is 0 Å². The van der Waals surface area contributed by atoms with E-state index in [1.165, 1.54) is 11.3 Å².